The first-order chi connectivity index (χ1) is 13.2. The highest BCUT2D eigenvalue weighted by molar-refractivity contribution is 7.17. The van der Waals surface area contributed by atoms with Crippen molar-refractivity contribution in [3.05, 3.63) is 59.5 Å². The fraction of sp³-hybridized carbons (Fsp3) is 0.238. The molecule has 6 heteroatoms. The number of amides is 1. The van der Waals surface area contributed by atoms with E-state index in [4.69, 9.17) is 9.47 Å². The first-order valence-corrected chi connectivity index (χ1v) is 9.72. The Morgan fingerprint density at radius 3 is 2.70 bits per heavy atom. The third-order valence-electron chi connectivity index (χ3n) is 4.53. The Morgan fingerprint density at radius 1 is 1.11 bits per heavy atom. The van der Waals surface area contributed by atoms with Crippen LogP contribution in [0.3, 0.4) is 0 Å². The molecule has 27 heavy (non-hydrogen) atoms. The molecule has 138 valence electrons. The number of esters is 1. The predicted molar refractivity (Wildman–Crippen MR) is 105 cm³/mol. The van der Waals surface area contributed by atoms with Crippen LogP contribution in [0, 0.1) is 0 Å². The summed E-state index contributed by atoms with van der Waals surface area (Å²) >= 11 is 1.64. The van der Waals surface area contributed by atoms with Crippen LogP contribution in [0.5, 0.6) is 5.75 Å². The van der Waals surface area contributed by atoms with Gasteiger partial charge in [-0.15, -0.1) is 11.3 Å². The van der Waals surface area contributed by atoms with Crippen LogP contribution in [0.1, 0.15) is 18.4 Å². The Hall–Kier alpha value is -2.86. The van der Waals surface area contributed by atoms with Gasteiger partial charge in [0.15, 0.2) is 6.61 Å². The van der Waals surface area contributed by atoms with Crippen molar-refractivity contribution >= 4 is 39.0 Å². The normalized spacial score (nSPS) is 13.9. The number of benzene rings is 2. The molecule has 0 aliphatic carbocycles. The number of carbonyl (C=O) groups excluding carboxylic acids is 2. The van der Waals surface area contributed by atoms with E-state index in [9.17, 15) is 9.59 Å². The van der Waals surface area contributed by atoms with Crippen molar-refractivity contribution in [1.82, 2.24) is 0 Å². The summed E-state index contributed by atoms with van der Waals surface area (Å²) in [7, 11) is 0. The summed E-state index contributed by atoms with van der Waals surface area (Å²) in [5.41, 5.74) is 1.86. The van der Waals surface area contributed by atoms with Crippen molar-refractivity contribution in [1.29, 1.82) is 0 Å². The first-order valence-electron chi connectivity index (χ1n) is 8.85. The van der Waals surface area contributed by atoms with Gasteiger partial charge in [-0.1, -0.05) is 18.2 Å². The van der Waals surface area contributed by atoms with Crippen molar-refractivity contribution in [2.75, 3.05) is 18.1 Å². The van der Waals surface area contributed by atoms with Crippen LogP contribution in [-0.2, 0) is 20.9 Å². The largest absolute Gasteiger partial charge is 0.482 e. The molecule has 1 saturated heterocycles. The van der Waals surface area contributed by atoms with E-state index in [1.807, 2.05) is 41.8 Å². The highest BCUT2D eigenvalue weighted by Gasteiger charge is 2.21. The van der Waals surface area contributed by atoms with E-state index in [0.717, 1.165) is 29.6 Å². The molecule has 2 heterocycles. The van der Waals surface area contributed by atoms with Crippen LogP contribution in [0.4, 0.5) is 5.69 Å². The quantitative estimate of drug-likeness (QED) is 0.602. The molecule has 2 aromatic carbocycles. The van der Waals surface area contributed by atoms with Crippen LogP contribution < -0.4 is 9.64 Å². The minimum absolute atomic E-state index is 0.146. The van der Waals surface area contributed by atoms with Gasteiger partial charge in [-0.3, -0.25) is 4.79 Å². The van der Waals surface area contributed by atoms with Gasteiger partial charge in [-0.2, -0.15) is 0 Å². The van der Waals surface area contributed by atoms with Crippen LogP contribution in [0.15, 0.2) is 53.9 Å². The standard InChI is InChI=1S/C21H19NO4S/c23-20-6-3-11-22(20)16-7-9-17(10-8-16)25-13-21(24)26-12-15-14-27-19-5-2-1-4-18(15)19/h1-2,4-5,7-10,14H,3,6,11-13H2. The van der Waals surface area contributed by atoms with E-state index in [2.05, 4.69) is 0 Å². The van der Waals surface area contributed by atoms with Crippen molar-refractivity contribution in [2.24, 2.45) is 0 Å². The van der Waals surface area contributed by atoms with E-state index in [0.29, 0.717) is 12.2 Å². The van der Waals surface area contributed by atoms with Gasteiger partial charge in [0.2, 0.25) is 5.91 Å². The molecule has 5 nitrogen and oxygen atoms in total. The Balaban J connectivity index is 1.28. The fourth-order valence-electron chi connectivity index (χ4n) is 3.13. The molecule has 1 aromatic heterocycles. The zero-order chi connectivity index (χ0) is 18.6. The second-order valence-corrected chi connectivity index (χ2v) is 7.26. The van der Waals surface area contributed by atoms with E-state index in [-0.39, 0.29) is 19.1 Å². The molecule has 0 N–H and O–H groups in total. The van der Waals surface area contributed by atoms with Crippen LogP contribution in [0.2, 0.25) is 0 Å². The molecule has 1 aliphatic heterocycles. The lowest BCUT2D eigenvalue weighted by molar-refractivity contribution is -0.147. The molecular formula is C21H19NO4S. The topological polar surface area (TPSA) is 55.8 Å². The van der Waals surface area contributed by atoms with E-state index < -0.39 is 5.97 Å². The third kappa shape index (κ3) is 3.95. The van der Waals surface area contributed by atoms with Gasteiger partial charge in [0.25, 0.3) is 0 Å². The number of anilines is 1. The molecule has 4 rings (SSSR count). The Labute approximate surface area is 161 Å². The minimum atomic E-state index is -0.413. The molecule has 0 radical (unpaired) electrons. The highest BCUT2D eigenvalue weighted by Crippen LogP contribution is 2.26. The lowest BCUT2D eigenvalue weighted by Crippen LogP contribution is -2.23. The maximum atomic E-state index is 12.0. The molecular weight excluding hydrogens is 362 g/mol. The van der Waals surface area contributed by atoms with Crippen LogP contribution in [-0.4, -0.2) is 25.0 Å². The molecule has 0 spiro atoms. The maximum Gasteiger partial charge on any atom is 0.344 e. The van der Waals surface area contributed by atoms with E-state index in [1.54, 1.807) is 28.4 Å². The van der Waals surface area contributed by atoms with Crippen molar-refractivity contribution < 1.29 is 19.1 Å². The zero-order valence-corrected chi connectivity index (χ0v) is 15.5. The second kappa shape index (κ2) is 7.80. The van der Waals surface area contributed by atoms with Crippen molar-refractivity contribution in [3.63, 3.8) is 0 Å². The van der Waals surface area contributed by atoms with E-state index in [1.165, 1.54) is 4.70 Å². The van der Waals surface area contributed by atoms with Crippen molar-refractivity contribution in [2.45, 2.75) is 19.4 Å². The molecule has 0 atom stereocenters. The number of rotatable bonds is 6. The number of fused-ring (bicyclic) bond motifs is 1. The molecule has 3 aromatic rings. The smallest absolute Gasteiger partial charge is 0.344 e. The summed E-state index contributed by atoms with van der Waals surface area (Å²) in [6.07, 6.45) is 1.49. The lowest BCUT2D eigenvalue weighted by Gasteiger charge is -2.16. The van der Waals surface area contributed by atoms with Gasteiger partial charge in [0.1, 0.15) is 12.4 Å². The SMILES string of the molecule is O=C(COc1ccc(N2CCCC2=O)cc1)OCc1csc2ccccc12. The molecule has 0 saturated carbocycles. The molecule has 1 aliphatic rings. The second-order valence-electron chi connectivity index (χ2n) is 6.35. The predicted octanol–water partition coefficient (Wildman–Crippen LogP) is 4.15. The molecule has 1 fully saturated rings. The maximum absolute atomic E-state index is 12.0. The summed E-state index contributed by atoms with van der Waals surface area (Å²) < 4.78 is 12.0. The zero-order valence-electron chi connectivity index (χ0n) is 14.7. The number of hydrogen-bond donors (Lipinski definition) is 0. The van der Waals surface area contributed by atoms with Gasteiger partial charge in [-0.05, 0) is 47.5 Å². The fourth-order valence-corrected chi connectivity index (χ4v) is 4.08. The monoisotopic (exact) mass is 381 g/mol. The molecule has 1 amide bonds. The number of thiophene rings is 1. The number of hydrogen-bond acceptors (Lipinski definition) is 5. The first kappa shape index (κ1) is 17.5. The third-order valence-corrected chi connectivity index (χ3v) is 5.54. The summed E-state index contributed by atoms with van der Waals surface area (Å²) in [5.74, 6) is 0.306. The number of carbonyl (C=O) groups is 2. The summed E-state index contributed by atoms with van der Waals surface area (Å²) in [6, 6.07) is 15.2. The van der Waals surface area contributed by atoms with Crippen LogP contribution in [0.25, 0.3) is 10.1 Å². The summed E-state index contributed by atoms with van der Waals surface area (Å²) in [4.78, 5) is 25.5. The lowest BCUT2D eigenvalue weighted by atomic mass is 10.2. The minimum Gasteiger partial charge on any atom is -0.482 e. The van der Waals surface area contributed by atoms with E-state index >= 15 is 0 Å². The highest BCUT2D eigenvalue weighted by atomic mass is 32.1. The number of ether oxygens (including phenoxy) is 2. The van der Waals surface area contributed by atoms with Crippen molar-refractivity contribution in [3.8, 4) is 5.75 Å². The van der Waals surface area contributed by atoms with Crippen LogP contribution >= 0.6 is 11.3 Å². The van der Waals surface area contributed by atoms with Gasteiger partial charge in [0, 0.05) is 28.9 Å². The average Bonchev–Trinajstić information content (AvgIpc) is 3.31. The Morgan fingerprint density at radius 2 is 1.93 bits per heavy atom. The summed E-state index contributed by atoms with van der Waals surface area (Å²) in [5, 5.41) is 3.13. The Kier molecular flexibility index (Phi) is 5.07. The van der Waals surface area contributed by atoms with Gasteiger partial charge < -0.3 is 14.4 Å². The summed E-state index contributed by atoms with van der Waals surface area (Å²) in [6.45, 7) is 0.842. The van der Waals surface area contributed by atoms with Gasteiger partial charge in [0.05, 0.1) is 0 Å². The van der Waals surface area contributed by atoms with Gasteiger partial charge in [-0.25, -0.2) is 4.79 Å². The molecule has 0 bridgehead atoms. The average molecular weight is 381 g/mol. The Bertz CT molecular complexity index is 964. The molecule has 0 unspecified atom stereocenters. The van der Waals surface area contributed by atoms with Gasteiger partial charge >= 0.3 is 5.97 Å². The number of nitrogens with zero attached hydrogens (tertiary/aromatic N) is 1.